The molecular weight excluding hydrogens is 585 g/mol. The second-order valence-corrected chi connectivity index (χ2v) is 14.6. The topological polar surface area (TPSA) is 93.5 Å². The Morgan fingerprint density at radius 1 is 1.07 bits per heavy atom. The molecule has 1 aromatic carbocycles. The molecule has 3 aliphatic rings. The molecule has 0 saturated carbocycles. The lowest BCUT2D eigenvalue weighted by molar-refractivity contribution is -0.143. The summed E-state index contributed by atoms with van der Waals surface area (Å²) < 4.78 is 38.9. The van der Waals surface area contributed by atoms with Crippen molar-refractivity contribution in [3.8, 4) is 17.0 Å². The SMILES string of the molecule is CO[C@@H](C)c1ncc(N2CCOCC2)cc1-c1c(CC(C)(C)COC(C)=O)c2cc(B3OC(C)(C)C(C)(C)O3)cc3c2n1CCO3. The van der Waals surface area contributed by atoms with E-state index in [2.05, 4.69) is 69.2 Å². The summed E-state index contributed by atoms with van der Waals surface area (Å²) in [5.41, 5.74) is 5.81. The summed E-state index contributed by atoms with van der Waals surface area (Å²) in [6.45, 7) is 20.5. The molecule has 2 aromatic heterocycles. The maximum absolute atomic E-state index is 11.9. The molecule has 2 fully saturated rings. The van der Waals surface area contributed by atoms with Crippen molar-refractivity contribution in [1.82, 2.24) is 9.55 Å². The van der Waals surface area contributed by atoms with Crippen LogP contribution in [0.3, 0.4) is 0 Å². The minimum absolute atomic E-state index is 0.235. The number of morpholine rings is 1. The summed E-state index contributed by atoms with van der Waals surface area (Å²) >= 11 is 0. The highest BCUT2D eigenvalue weighted by atomic mass is 16.7. The zero-order chi connectivity index (χ0) is 33.0. The highest BCUT2D eigenvalue weighted by Gasteiger charge is 2.52. The van der Waals surface area contributed by atoms with Gasteiger partial charge in [0.05, 0.1) is 72.5 Å². The van der Waals surface area contributed by atoms with Gasteiger partial charge in [0.25, 0.3) is 0 Å². The first kappa shape index (κ1) is 32.8. The number of rotatable bonds is 9. The lowest BCUT2D eigenvalue weighted by Crippen LogP contribution is -2.41. The predicted molar refractivity (Wildman–Crippen MR) is 179 cm³/mol. The van der Waals surface area contributed by atoms with Crippen molar-refractivity contribution < 1.29 is 33.1 Å². The quantitative estimate of drug-likeness (QED) is 0.237. The van der Waals surface area contributed by atoms with Gasteiger partial charge in [0.1, 0.15) is 12.4 Å². The normalized spacial score (nSPS) is 19.8. The largest absolute Gasteiger partial charge is 0.494 e. The number of benzene rings is 1. The molecule has 248 valence electrons. The maximum atomic E-state index is 11.9. The van der Waals surface area contributed by atoms with E-state index in [0.29, 0.717) is 39.4 Å². The molecule has 0 aliphatic carbocycles. The van der Waals surface area contributed by atoms with Gasteiger partial charge >= 0.3 is 13.1 Å². The molecule has 0 bridgehead atoms. The van der Waals surface area contributed by atoms with Crippen molar-refractivity contribution in [2.24, 2.45) is 5.41 Å². The number of ether oxygens (including phenoxy) is 4. The molecule has 5 heterocycles. The molecule has 0 spiro atoms. The lowest BCUT2D eigenvalue weighted by Gasteiger charge is -2.32. The molecule has 0 amide bonds. The average Bonchev–Trinajstić information content (AvgIpc) is 3.44. The lowest BCUT2D eigenvalue weighted by atomic mass is 9.77. The Balaban J connectivity index is 1.59. The molecule has 10 nitrogen and oxygen atoms in total. The zero-order valence-corrected chi connectivity index (χ0v) is 28.8. The van der Waals surface area contributed by atoms with Crippen LogP contribution in [0, 0.1) is 5.41 Å². The standard InChI is InChI=1S/C35H48BN3O7/c1-22(41-9)30-27(18-25(20-37-30)38-10-13-42-14-11-38)31-28(19-33(3,4)21-44-23(2)40)26-16-24(17-29-32(26)39(31)12-15-43-29)36-45-34(5,6)35(7,8)46-36/h16-18,20,22H,10-15,19,21H2,1-9H3/t22-/m0/s1. The molecule has 46 heavy (non-hydrogen) atoms. The Bertz CT molecular complexity index is 1610. The molecule has 3 aromatic rings. The molecule has 0 N–H and O–H groups in total. The van der Waals surface area contributed by atoms with Gasteiger partial charge in [-0.2, -0.15) is 0 Å². The van der Waals surface area contributed by atoms with Crippen molar-refractivity contribution in [3.05, 3.63) is 35.7 Å². The first-order chi connectivity index (χ1) is 21.7. The van der Waals surface area contributed by atoms with Gasteiger partial charge in [0.15, 0.2) is 0 Å². The second-order valence-electron chi connectivity index (χ2n) is 14.6. The van der Waals surface area contributed by atoms with Gasteiger partial charge in [-0.1, -0.05) is 19.9 Å². The van der Waals surface area contributed by atoms with Crippen LogP contribution in [-0.2, 0) is 41.3 Å². The average molecular weight is 634 g/mol. The summed E-state index contributed by atoms with van der Waals surface area (Å²) in [6, 6.07) is 6.53. The third-order valence-electron chi connectivity index (χ3n) is 9.94. The molecule has 6 rings (SSSR count). The van der Waals surface area contributed by atoms with E-state index in [-0.39, 0.29) is 17.5 Å². The molecule has 3 aliphatic heterocycles. The van der Waals surface area contributed by atoms with Crippen LogP contribution in [0.5, 0.6) is 5.75 Å². The van der Waals surface area contributed by atoms with Crippen LogP contribution in [0.1, 0.15) is 72.8 Å². The summed E-state index contributed by atoms with van der Waals surface area (Å²) in [5, 5.41) is 1.07. The number of aromatic nitrogens is 2. The zero-order valence-electron chi connectivity index (χ0n) is 28.8. The van der Waals surface area contributed by atoms with Gasteiger partial charge < -0.3 is 37.7 Å². The van der Waals surface area contributed by atoms with E-state index >= 15 is 0 Å². The van der Waals surface area contributed by atoms with Crippen LogP contribution in [0.2, 0.25) is 0 Å². The Morgan fingerprint density at radius 3 is 2.41 bits per heavy atom. The summed E-state index contributed by atoms with van der Waals surface area (Å²) in [5.74, 6) is 0.517. The van der Waals surface area contributed by atoms with Crippen LogP contribution in [0.15, 0.2) is 24.4 Å². The molecule has 1 atom stereocenters. The number of esters is 1. The van der Waals surface area contributed by atoms with Crippen molar-refractivity contribution >= 4 is 35.1 Å². The minimum Gasteiger partial charge on any atom is -0.490 e. The third kappa shape index (κ3) is 6.03. The molecule has 2 saturated heterocycles. The number of methoxy groups -OCH3 is 1. The Labute approximate surface area is 272 Å². The van der Waals surface area contributed by atoms with Crippen molar-refractivity contribution in [3.63, 3.8) is 0 Å². The van der Waals surface area contributed by atoms with Gasteiger partial charge in [0.2, 0.25) is 0 Å². The number of hydrogen-bond donors (Lipinski definition) is 0. The number of carbonyl (C=O) groups excluding carboxylic acids is 1. The van der Waals surface area contributed by atoms with Crippen LogP contribution in [0.4, 0.5) is 5.69 Å². The fraction of sp³-hybridized carbons (Fsp3) is 0.600. The Kier molecular flexibility index (Phi) is 8.67. The Hall–Kier alpha value is -3.12. The van der Waals surface area contributed by atoms with Gasteiger partial charge in [-0.25, -0.2) is 0 Å². The van der Waals surface area contributed by atoms with Gasteiger partial charge in [0, 0.05) is 43.5 Å². The van der Waals surface area contributed by atoms with Gasteiger partial charge in [-0.05, 0) is 64.2 Å². The number of pyridine rings is 1. The molecule has 11 heteroatoms. The highest BCUT2D eigenvalue weighted by Crippen LogP contribution is 2.45. The summed E-state index contributed by atoms with van der Waals surface area (Å²) in [4.78, 5) is 19.2. The maximum Gasteiger partial charge on any atom is 0.494 e. The minimum atomic E-state index is -0.541. The summed E-state index contributed by atoms with van der Waals surface area (Å²) in [7, 11) is 1.18. The third-order valence-corrected chi connectivity index (χ3v) is 9.94. The first-order valence-electron chi connectivity index (χ1n) is 16.4. The van der Waals surface area contributed by atoms with E-state index in [4.69, 9.17) is 33.2 Å². The first-order valence-corrected chi connectivity index (χ1v) is 16.4. The van der Waals surface area contributed by atoms with Crippen LogP contribution >= 0.6 is 0 Å². The van der Waals surface area contributed by atoms with E-state index in [1.807, 2.05) is 13.1 Å². The van der Waals surface area contributed by atoms with E-state index in [0.717, 1.165) is 63.4 Å². The van der Waals surface area contributed by atoms with E-state index in [1.165, 1.54) is 6.92 Å². The van der Waals surface area contributed by atoms with Crippen LogP contribution in [-0.4, -0.2) is 80.5 Å². The monoisotopic (exact) mass is 633 g/mol. The van der Waals surface area contributed by atoms with E-state index < -0.39 is 18.3 Å². The molecule has 0 unspecified atom stereocenters. The van der Waals surface area contributed by atoms with Crippen LogP contribution in [0.25, 0.3) is 22.2 Å². The van der Waals surface area contributed by atoms with E-state index in [9.17, 15) is 4.79 Å². The van der Waals surface area contributed by atoms with E-state index in [1.54, 1.807) is 7.11 Å². The van der Waals surface area contributed by atoms with Crippen LogP contribution < -0.4 is 15.1 Å². The number of hydrogen-bond acceptors (Lipinski definition) is 9. The summed E-state index contributed by atoms with van der Waals surface area (Å²) in [6.07, 6.45) is 2.36. The van der Waals surface area contributed by atoms with Crippen molar-refractivity contribution in [2.75, 3.05) is 51.5 Å². The van der Waals surface area contributed by atoms with Crippen molar-refractivity contribution in [1.29, 1.82) is 0 Å². The smallest absolute Gasteiger partial charge is 0.490 e. The Morgan fingerprint density at radius 2 is 1.76 bits per heavy atom. The van der Waals surface area contributed by atoms with Gasteiger partial charge in [-0.15, -0.1) is 0 Å². The van der Waals surface area contributed by atoms with Crippen molar-refractivity contribution in [2.45, 2.75) is 85.7 Å². The van der Waals surface area contributed by atoms with Gasteiger partial charge in [-0.3, -0.25) is 9.78 Å². The fourth-order valence-electron chi connectivity index (χ4n) is 6.63. The number of anilines is 1. The highest BCUT2D eigenvalue weighted by molar-refractivity contribution is 6.62. The predicted octanol–water partition coefficient (Wildman–Crippen LogP) is 5.07. The number of nitrogens with zero attached hydrogens (tertiary/aromatic N) is 3. The molecule has 0 radical (unpaired) electrons. The second kappa shape index (κ2) is 12.2. The molecular formula is C35H48BN3O7. The fourth-order valence-corrected chi connectivity index (χ4v) is 6.63. The number of carbonyl (C=O) groups is 1.